The van der Waals surface area contributed by atoms with Crippen LogP contribution in [0.15, 0.2) is 79.0 Å². The standard InChI is InChI=1S/C25H22F3N3O3/c26-25(27,28)20(23(32)31-15-13-19-12-7-14-29-22(19)31)21(18-10-5-2-6-11-18)30-24(33)34-16-17-8-3-1-4-9-17/h1-12,14,20-21H,13,15-16H2,(H,30,33). The summed E-state index contributed by atoms with van der Waals surface area (Å²) in [6, 6.07) is 18.1. The fraction of sp³-hybridized carbons (Fsp3) is 0.240. The number of alkyl halides is 3. The molecule has 2 heterocycles. The fourth-order valence-corrected chi connectivity index (χ4v) is 3.97. The van der Waals surface area contributed by atoms with Crippen LogP contribution < -0.4 is 10.2 Å². The van der Waals surface area contributed by atoms with E-state index in [0.29, 0.717) is 17.5 Å². The number of benzene rings is 2. The van der Waals surface area contributed by atoms with E-state index in [1.807, 2.05) is 0 Å². The number of hydrogen-bond donors (Lipinski definition) is 1. The normalized spacial score (nSPS) is 14.7. The number of carbonyl (C=O) groups excluding carboxylic acids is 2. The topological polar surface area (TPSA) is 71.5 Å². The van der Waals surface area contributed by atoms with Crippen LogP contribution in [-0.4, -0.2) is 29.7 Å². The summed E-state index contributed by atoms with van der Waals surface area (Å²) in [7, 11) is 0. The van der Waals surface area contributed by atoms with Gasteiger partial charge >= 0.3 is 12.3 Å². The Morgan fingerprint density at radius 1 is 1.00 bits per heavy atom. The summed E-state index contributed by atoms with van der Waals surface area (Å²) in [5.74, 6) is -3.51. The number of hydrogen-bond acceptors (Lipinski definition) is 4. The number of nitrogens with one attached hydrogen (secondary N) is 1. The maximum absolute atomic E-state index is 14.4. The van der Waals surface area contributed by atoms with Gasteiger partial charge in [-0.25, -0.2) is 9.78 Å². The summed E-state index contributed by atoms with van der Waals surface area (Å²) in [6.45, 7) is -0.0417. The molecule has 34 heavy (non-hydrogen) atoms. The van der Waals surface area contributed by atoms with Crippen LogP contribution in [0.2, 0.25) is 0 Å². The van der Waals surface area contributed by atoms with Crippen LogP contribution >= 0.6 is 0 Å². The highest BCUT2D eigenvalue weighted by molar-refractivity contribution is 5.97. The Kier molecular flexibility index (Phi) is 6.81. The lowest BCUT2D eigenvalue weighted by Crippen LogP contribution is -2.49. The molecule has 0 saturated carbocycles. The molecule has 9 heteroatoms. The van der Waals surface area contributed by atoms with Crippen molar-refractivity contribution in [2.75, 3.05) is 11.4 Å². The Morgan fingerprint density at radius 3 is 2.35 bits per heavy atom. The Hall–Kier alpha value is -3.88. The van der Waals surface area contributed by atoms with Gasteiger partial charge in [-0.2, -0.15) is 13.2 Å². The summed E-state index contributed by atoms with van der Waals surface area (Å²) in [4.78, 5) is 31.0. The van der Waals surface area contributed by atoms with E-state index in [9.17, 15) is 22.8 Å². The maximum atomic E-state index is 14.4. The molecule has 6 nitrogen and oxygen atoms in total. The number of alkyl carbamates (subject to hydrolysis) is 1. The Bertz CT molecular complexity index is 1140. The molecule has 1 aromatic heterocycles. The molecule has 2 amide bonds. The van der Waals surface area contributed by atoms with E-state index in [-0.39, 0.29) is 24.5 Å². The van der Waals surface area contributed by atoms with Crippen molar-refractivity contribution in [3.8, 4) is 0 Å². The third kappa shape index (κ3) is 5.19. The first-order chi connectivity index (χ1) is 16.3. The first-order valence-corrected chi connectivity index (χ1v) is 10.7. The first kappa shape index (κ1) is 23.3. The molecular weight excluding hydrogens is 447 g/mol. The van der Waals surface area contributed by atoms with Gasteiger partial charge in [0.1, 0.15) is 12.4 Å². The lowest BCUT2D eigenvalue weighted by atomic mass is 9.91. The van der Waals surface area contributed by atoms with Gasteiger partial charge in [-0.1, -0.05) is 66.7 Å². The average molecular weight is 469 g/mol. The number of aromatic nitrogens is 1. The van der Waals surface area contributed by atoms with Gasteiger partial charge in [0.2, 0.25) is 5.91 Å². The molecule has 0 fully saturated rings. The molecule has 2 aromatic carbocycles. The van der Waals surface area contributed by atoms with Gasteiger partial charge in [0, 0.05) is 12.7 Å². The van der Waals surface area contributed by atoms with Crippen molar-refractivity contribution in [3.05, 3.63) is 95.7 Å². The van der Waals surface area contributed by atoms with E-state index in [4.69, 9.17) is 4.74 Å². The number of anilines is 1. The minimum Gasteiger partial charge on any atom is -0.445 e. The monoisotopic (exact) mass is 469 g/mol. The van der Waals surface area contributed by atoms with Gasteiger partial charge in [-0.05, 0) is 29.2 Å². The quantitative estimate of drug-likeness (QED) is 0.562. The Labute approximate surface area is 194 Å². The second kappa shape index (κ2) is 9.94. The van der Waals surface area contributed by atoms with Crippen LogP contribution in [-0.2, 0) is 22.6 Å². The van der Waals surface area contributed by atoms with Crippen LogP contribution in [0.3, 0.4) is 0 Å². The molecular formula is C25H22F3N3O3. The molecule has 1 N–H and O–H groups in total. The minimum atomic E-state index is -4.94. The van der Waals surface area contributed by atoms with Crippen molar-refractivity contribution in [3.63, 3.8) is 0 Å². The molecule has 0 bridgehead atoms. The largest absolute Gasteiger partial charge is 0.445 e. The van der Waals surface area contributed by atoms with Crippen LogP contribution in [0.5, 0.6) is 0 Å². The third-order valence-corrected chi connectivity index (χ3v) is 5.59. The van der Waals surface area contributed by atoms with Gasteiger partial charge in [0.05, 0.1) is 6.04 Å². The van der Waals surface area contributed by atoms with Crippen molar-refractivity contribution in [2.45, 2.75) is 25.2 Å². The molecule has 0 saturated heterocycles. The zero-order valence-electron chi connectivity index (χ0n) is 18.0. The number of pyridine rings is 1. The highest BCUT2D eigenvalue weighted by atomic mass is 19.4. The van der Waals surface area contributed by atoms with Crippen molar-refractivity contribution in [1.82, 2.24) is 10.3 Å². The third-order valence-electron chi connectivity index (χ3n) is 5.59. The second-order valence-electron chi connectivity index (χ2n) is 7.84. The molecule has 0 aliphatic carbocycles. The minimum absolute atomic E-state index is 0.0811. The predicted octanol–water partition coefficient (Wildman–Crippen LogP) is 4.82. The lowest BCUT2D eigenvalue weighted by molar-refractivity contribution is -0.187. The van der Waals surface area contributed by atoms with Crippen LogP contribution in [0.25, 0.3) is 0 Å². The van der Waals surface area contributed by atoms with E-state index >= 15 is 0 Å². The Morgan fingerprint density at radius 2 is 1.68 bits per heavy atom. The summed E-state index contributed by atoms with van der Waals surface area (Å²) in [6.07, 6.45) is -4.16. The van der Waals surface area contributed by atoms with Gasteiger partial charge < -0.3 is 10.1 Å². The van der Waals surface area contributed by atoms with Crippen molar-refractivity contribution in [2.24, 2.45) is 5.92 Å². The summed E-state index contributed by atoms with van der Waals surface area (Å²) < 4.78 is 48.3. The van der Waals surface area contributed by atoms with Crippen LogP contribution in [0.4, 0.5) is 23.8 Å². The summed E-state index contributed by atoms with van der Waals surface area (Å²) >= 11 is 0. The second-order valence-corrected chi connectivity index (χ2v) is 7.84. The SMILES string of the molecule is O=C(NC(c1ccccc1)C(C(=O)N1CCc2cccnc21)C(F)(F)F)OCc1ccccc1. The van der Waals surface area contributed by atoms with Gasteiger partial charge in [0.15, 0.2) is 5.92 Å². The number of amides is 2. The zero-order chi connectivity index (χ0) is 24.1. The summed E-state index contributed by atoms with van der Waals surface area (Å²) in [5.41, 5.74) is 1.51. The van der Waals surface area contributed by atoms with Crippen LogP contribution in [0.1, 0.15) is 22.7 Å². The molecule has 1 aliphatic heterocycles. The van der Waals surface area contributed by atoms with Crippen molar-refractivity contribution >= 4 is 17.8 Å². The highest BCUT2D eigenvalue weighted by Gasteiger charge is 2.53. The van der Waals surface area contributed by atoms with Gasteiger partial charge in [-0.15, -0.1) is 0 Å². The molecule has 4 rings (SSSR count). The molecule has 0 spiro atoms. The number of carbonyl (C=O) groups is 2. The summed E-state index contributed by atoms with van der Waals surface area (Å²) in [5, 5.41) is 2.29. The number of halogens is 3. The van der Waals surface area contributed by atoms with E-state index in [1.165, 1.54) is 18.3 Å². The van der Waals surface area contributed by atoms with Gasteiger partial charge in [0.25, 0.3) is 0 Å². The van der Waals surface area contributed by atoms with E-state index in [0.717, 1.165) is 4.90 Å². The fourth-order valence-electron chi connectivity index (χ4n) is 3.97. The van der Waals surface area contributed by atoms with E-state index in [2.05, 4.69) is 10.3 Å². The molecule has 176 valence electrons. The average Bonchev–Trinajstić information content (AvgIpc) is 3.27. The zero-order valence-corrected chi connectivity index (χ0v) is 18.0. The molecule has 2 unspecified atom stereocenters. The predicted molar refractivity (Wildman–Crippen MR) is 119 cm³/mol. The number of nitrogens with zero attached hydrogens (tertiary/aromatic N) is 2. The number of rotatable bonds is 6. The lowest BCUT2D eigenvalue weighted by Gasteiger charge is -2.31. The first-order valence-electron chi connectivity index (χ1n) is 10.7. The molecule has 2 atom stereocenters. The highest BCUT2D eigenvalue weighted by Crippen LogP contribution is 2.40. The smallest absolute Gasteiger partial charge is 0.407 e. The molecule has 0 radical (unpaired) electrons. The molecule has 3 aromatic rings. The van der Waals surface area contributed by atoms with E-state index < -0.39 is 30.1 Å². The van der Waals surface area contributed by atoms with E-state index in [1.54, 1.807) is 60.7 Å². The van der Waals surface area contributed by atoms with Crippen molar-refractivity contribution < 1.29 is 27.5 Å². The Balaban J connectivity index is 1.62. The number of ether oxygens (including phenoxy) is 1. The molecule has 1 aliphatic rings. The number of fused-ring (bicyclic) bond motifs is 1. The van der Waals surface area contributed by atoms with Crippen LogP contribution in [0, 0.1) is 5.92 Å². The van der Waals surface area contributed by atoms with Crippen molar-refractivity contribution in [1.29, 1.82) is 0 Å². The van der Waals surface area contributed by atoms with Gasteiger partial charge in [-0.3, -0.25) is 9.69 Å². The maximum Gasteiger partial charge on any atom is 0.407 e.